The van der Waals surface area contributed by atoms with Crippen LogP contribution in [0.2, 0.25) is 0 Å². The lowest BCUT2D eigenvalue weighted by atomic mass is 10.3. The van der Waals surface area contributed by atoms with Gasteiger partial charge in [0.1, 0.15) is 0 Å². The molecule has 96 valence electrons. The lowest BCUT2D eigenvalue weighted by Crippen LogP contribution is -2.27. The van der Waals surface area contributed by atoms with Crippen LogP contribution < -0.4 is 5.32 Å². The molecular weight excluding hydrogens is 204 g/mol. The van der Waals surface area contributed by atoms with E-state index in [2.05, 4.69) is 5.32 Å². The molecule has 0 unspecified atom stereocenters. The summed E-state index contributed by atoms with van der Waals surface area (Å²) in [7, 11) is 3.57. The molecule has 0 heterocycles. The highest BCUT2D eigenvalue weighted by atomic mass is 16.5. The van der Waals surface area contributed by atoms with E-state index >= 15 is 0 Å². The van der Waals surface area contributed by atoms with E-state index < -0.39 is 0 Å². The Kier molecular flexibility index (Phi) is 9.24. The maximum Gasteiger partial charge on any atom is 0.223 e. The van der Waals surface area contributed by atoms with Crippen LogP contribution in [0.4, 0.5) is 0 Å². The minimum atomic E-state index is 0.177. The molecule has 0 spiro atoms. The lowest BCUT2D eigenvalue weighted by Gasteiger charge is -2.10. The molecule has 1 amide bonds. The standard InChI is InChI=1S/C12H26N2O2/c1-11(2)16-10-6-5-8-13-9-7-12(15)14(3)4/h11,13H,5-10H2,1-4H3. The normalized spacial score (nSPS) is 10.8. The highest BCUT2D eigenvalue weighted by molar-refractivity contribution is 5.75. The molecule has 0 aliphatic carbocycles. The zero-order valence-corrected chi connectivity index (χ0v) is 11.1. The highest BCUT2D eigenvalue weighted by Gasteiger charge is 2.01. The summed E-state index contributed by atoms with van der Waals surface area (Å²) in [5.41, 5.74) is 0. The Morgan fingerprint density at radius 3 is 2.50 bits per heavy atom. The minimum absolute atomic E-state index is 0.177. The molecule has 0 rings (SSSR count). The van der Waals surface area contributed by atoms with Crippen LogP contribution in [-0.2, 0) is 9.53 Å². The van der Waals surface area contributed by atoms with Crippen molar-refractivity contribution in [1.82, 2.24) is 10.2 Å². The van der Waals surface area contributed by atoms with Crippen LogP contribution >= 0.6 is 0 Å². The van der Waals surface area contributed by atoms with E-state index in [4.69, 9.17) is 4.74 Å². The predicted molar refractivity (Wildman–Crippen MR) is 66.5 cm³/mol. The van der Waals surface area contributed by atoms with E-state index in [0.717, 1.165) is 32.5 Å². The molecule has 0 aliphatic heterocycles. The first-order valence-electron chi connectivity index (χ1n) is 6.06. The number of carbonyl (C=O) groups is 1. The van der Waals surface area contributed by atoms with E-state index in [1.807, 2.05) is 13.8 Å². The van der Waals surface area contributed by atoms with E-state index in [1.54, 1.807) is 19.0 Å². The molecule has 0 aromatic heterocycles. The van der Waals surface area contributed by atoms with Gasteiger partial charge in [-0.3, -0.25) is 4.79 Å². The van der Waals surface area contributed by atoms with Gasteiger partial charge in [-0.1, -0.05) is 0 Å². The summed E-state index contributed by atoms with van der Waals surface area (Å²) in [6, 6.07) is 0. The third-order valence-electron chi connectivity index (χ3n) is 2.21. The second-order valence-corrected chi connectivity index (χ2v) is 4.41. The average molecular weight is 230 g/mol. The maximum absolute atomic E-state index is 11.2. The smallest absolute Gasteiger partial charge is 0.223 e. The fourth-order valence-corrected chi connectivity index (χ4v) is 1.22. The van der Waals surface area contributed by atoms with Crippen molar-refractivity contribution in [1.29, 1.82) is 0 Å². The Bertz CT molecular complexity index is 182. The topological polar surface area (TPSA) is 41.6 Å². The molecule has 16 heavy (non-hydrogen) atoms. The second-order valence-electron chi connectivity index (χ2n) is 4.41. The van der Waals surface area contributed by atoms with Crippen LogP contribution in [-0.4, -0.2) is 50.7 Å². The number of amides is 1. The third-order valence-corrected chi connectivity index (χ3v) is 2.21. The SMILES string of the molecule is CC(C)OCCCCNCCC(=O)N(C)C. The van der Waals surface area contributed by atoms with Gasteiger partial charge in [0.05, 0.1) is 6.10 Å². The van der Waals surface area contributed by atoms with Crippen molar-refractivity contribution in [2.24, 2.45) is 0 Å². The van der Waals surface area contributed by atoms with E-state index in [0.29, 0.717) is 12.5 Å². The van der Waals surface area contributed by atoms with Gasteiger partial charge < -0.3 is 15.0 Å². The minimum Gasteiger partial charge on any atom is -0.379 e. The Labute approximate surface area is 99.3 Å². The number of ether oxygens (including phenoxy) is 1. The molecule has 4 heteroatoms. The molecule has 0 saturated carbocycles. The van der Waals surface area contributed by atoms with Crippen molar-refractivity contribution in [2.45, 2.75) is 39.2 Å². The molecule has 4 nitrogen and oxygen atoms in total. The zero-order chi connectivity index (χ0) is 12.4. The monoisotopic (exact) mass is 230 g/mol. The van der Waals surface area contributed by atoms with Crippen molar-refractivity contribution in [3.8, 4) is 0 Å². The van der Waals surface area contributed by atoms with Crippen LogP contribution in [0, 0.1) is 0 Å². The van der Waals surface area contributed by atoms with Gasteiger partial charge in [0.25, 0.3) is 0 Å². The quantitative estimate of drug-likeness (QED) is 0.606. The molecule has 0 fully saturated rings. The fraction of sp³-hybridized carbons (Fsp3) is 0.917. The molecule has 0 radical (unpaired) electrons. The highest BCUT2D eigenvalue weighted by Crippen LogP contribution is 1.93. The summed E-state index contributed by atoms with van der Waals surface area (Å²) < 4.78 is 5.43. The van der Waals surface area contributed by atoms with Gasteiger partial charge in [-0.05, 0) is 33.2 Å². The Morgan fingerprint density at radius 2 is 1.94 bits per heavy atom. The van der Waals surface area contributed by atoms with E-state index in [1.165, 1.54) is 0 Å². The summed E-state index contributed by atoms with van der Waals surface area (Å²) >= 11 is 0. The van der Waals surface area contributed by atoms with Crippen LogP contribution in [0.15, 0.2) is 0 Å². The number of unbranched alkanes of at least 4 members (excludes halogenated alkanes) is 1. The van der Waals surface area contributed by atoms with Gasteiger partial charge in [-0.15, -0.1) is 0 Å². The summed E-state index contributed by atoms with van der Waals surface area (Å²) in [4.78, 5) is 12.8. The van der Waals surface area contributed by atoms with Crippen LogP contribution in [0.1, 0.15) is 33.1 Å². The van der Waals surface area contributed by atoms with E-state index in [-0.39, 0.29) is 5.91 Å². The summed E-state index contributed by atoms with van der Waals surface area (Å²) in [5.74, 6) is 0.177. The Morgan fingerprint density at radius 1 is 1.25 bits per heavy atom. The zero-order valence-electron chi connectivity index (χ0n) is 11.1. The van der Waals surface area contributed by atoms with Crippen molar-refractivity contribution >= 4 is 5.91 Å². The molecule has 0 aromatic rings. The molecule has 0 bridgehead atoms. The first-order valence-corrected chi connectivity index (χ1v) is 6.06. The average Bonchev–Trinajstić information content (AvgIpc) is 2.21. The van der Waals surface area contributed by atoms with Crippen LogP contribution in [0.5, 0.6) is 0 Å². The van der Waals surface area contributed by atoms with E-state index in [9.17, 15) is 4.79 Å². The molecular formula is C12H26N2O2. The van der Waals surface area contributed by atoms with Crippen molar-refractivity contribution in [3.05, 3.63) is 0 Å². The summed E-state index contributed by atoms with van der Waals surface area (Å²) in [6.07, 6.45) is 3.08. The lowest BCUT2D eigenvalue weighted by molar-refractivity contribution is -0.128. The number of hydrogen-bond donors (Lipinski definition) is 1. The number of carbonyl (C=O) groups excluding carboxylic acids is 1. The van der Waals surface area contributed by atoms with Gasteiger partial charge in [-0.25, -0.2) is 0 Å². The molecule has 0 saturated heterocycles. The van der Waals surface area contributed by atoms with Gasteiger partial charge >= 0.3 is 0 Å². The molecule has 0 aliphatic rings. The largest absolute Gasteiger partial charge is 0.379 e. The second kappa shape index (κ2) is 9.60. The van der Waals surface area contributed by atoms with Gasteiger partial charge in [0.2, 0.25) is 5.91 Å². The van der Waals surface area contributed by atoms with Crippen molar-refractivity contribution in [2.75, 3.05) is 33.8 Å². The molecule has 0 aromatic carbocycles. The number of nitrogens with zero attached hydrogens (tertiary/aromatic N) is 1. The van der Waals surface area contributed by atoms with Gasteiger partial charge in [-0.2, -0.15) is 0 Å². The number of nitrogens with one attached hydrogen (secondary N) is 1. The molecule has 0 atom stereocenters. The molecule has 1 N–H and O–H groups in total. The first kappa shape index (κ1) is 15.4. The maximum atomic E-state index is 11.2. The summed E-state index contributed by atoms with van der Waals surface area (Å²) in [6.45, 7) is 6.65. The van der Waals surface area contributed by atoms with Crippen LogP contribution in [0.25, 0.3) is 0 Å². The van der Waals surface area contributed by atoms with Gasteiger partial charge in [0.15, 0.2) is 0 Å². The van der Waals surface area contributed by atoms with Crippen molar-refractivity contribution in [3.63, 3.8) is 0 Å². The third kappa shape index (κ3) is 9.93. The van der Waals surface area contributed by atoms with Crippen LogP contribution in [0.3, 0.4) is 0 Å². The first-order chi connectivity index (χ1) is 7.54. The number of rotatable bonds is 9. The Hall–Kier alpha value is -0.610. The fourth-order valence-electron chi connectivity index (χ4n) is 1.22. The number of hydrogen-bond acceptors (Lipinski definition) is 3. The van der Waals surface area contributed by atoms with Crippen molar-refractivity contribution < 1.29 is 9.53 Å². The Balaban J connectivity index is 3.13. The summed E-state index contributed by atoms with van der Waals surface area (Å²) in [5, 5.41) is 3.26. The predicted octanol–water partition coefficient (Wildman–Crippen LogP) is 1.26. The van der Waals surface area contributed by atoms with Gasteiger partial charge in [0, 0.05) is 33.7 Å².